The van der Waals surface area contributed by atoms with Crippen LogP contribution >= 0.6 is 23.6 Å². The van der Waals surface area contributed by atoms with E-state index in [0.29, 0.717) is 41.9 Å². The SMILES string of the molecule is CN1c2cc(Cl)c(SOON)cc2S(=O)(=O)NC1CCCCO[N+](=O)[O-]. The molecule has 1 aliphatic rings. The molecule has 0 saturated carbocycles. The van der Waals surface area contributed by atoms with E-state index in [1.807, 2.05) is 0 Å². The quantitative estimate of drug-likeness (QED) is 0.195. The number of halogens is 1. The number of benzene rings is 1. The lowest BCUT2D eigenvalue weighted by Crippen LogP contribution is -2.50. The van der Waals surface area contributed by atoms with Gasteiger partial charge in [0.2, 0.25) is 10.0 Å². The summed E-state index contributed by atoms with van der Waals surface area (Å²) in [5, 5.41) is 9.52. The minimum absolute atomic E-state index is 0.0393. The van der Waals surface area contributed by atoms with Crippen LogP contribution in [-0.4, -0.2) is 33.3 Å². The maximum Gasteiger partial charge on any atom is 0.294 e. The molecule has 2 rings (SSSR count). The van der Waals surface area contributed by atoms with Crippen molar-refractivity contribution >= 4 is 39.4 Å². The standard InChI is InChI=1S/C12H17ClN4O7S2/c1-16-9-6-8(13)10(25-24-23-14)7-11(9)26(20,21)15-12(16)4-2-3-5-22-17(18)19/h6-7,12,15H,2-5,14H2,1H3. The van der Waals surface area contributed by atoms with E-state index in [-0.39, 0.29) is 16.5 Å². The Bertz CT molecular complexity index is 764. The molecule has 0 aliphatic carbocycles. The average Bonchev–Trinajstić information content (AvgIpc) is 2.57. The number of nitrogens with two attached hydrogens (primary N) is 1. The van der Waals surface area contributed by atoms with Gasteiger partial charge in [-0.1, -0.05) is 11.6 Å². The molecule has 1 aromatic carbocycles. The molecule has 1 atom stereocenters. The van der Waals surface area contributed by atoms with Crippen LogP contribution in [0.5, 0.6) is 0 Å². The molecule has 1 aromatic rings. The zero-order valence-corrected chi connectivity index (χ0v) is 16.0. The zero-order valence-electron chi connectivity index (χ0n) is 13.6. The molecule has 1 aliphatic heterocycles. The summed E-state index contributed by atoms with van der Waals surface area (Å²) in [6.07, 6.45) is 0.881. The summed E-state index contributed by atoms with van der Waals surface area (Å²) in [5.41, 5.74) is 0.429. The third-order valence-electron chi connectivity index (χ3n) is 3.67. The van der Waals surface area contributed by atoms with Gasteiger partial charge in [-0.05, 0) is 31.4 Å². The van der Waals surface area contributed by atoms with E-state index < -0.39 is 21.3 Å². The summed E-state index contributed by atoms with van der Waals surface area (Å²) >= 11 is 6.84. The summed E-state index contributed by atoms with van der Waals surface area (Å²) in [4.78, 5) is 20.4. The highest BCUT2D eigenvalue weighted by molar-refractivity contribution is 7.94. The Kier molecular flexibility index (Phi) is 7.28. The molecule has 3 N–H and O–H groups in total. The van der Waals surface area contributed by atoms with E-state index in [4.69, 9.17) is 17.5 Å². The third kappa shape index (κ3) is 5.09. The van der Waals surface area contributed by atoms with Crippen molar-refractivity contribution in [1.82, 2.24) is 4.72 Å². The van der Waals surface area contributed by atoms with Crippen LogP contribution in [0, 0.1) is 10.1 Å². The van der Waals surface area contributed by atoms with Crippen LogP contribution in [0.2, 0.25) is 5.02 Å². The van der Waals surface area contributed by atoms with Gasteiger partial charge in [-0.3, -0.25) is 0 Å². The largest absolute Gasteiger partial charge is 0.357 e. The number of hydrogen-bond donors (Lipinski definition) is 2. The van der Waals surface area contributed by atoms with E-state index in [1.54, 1.807) is 11.9 Å². The summed E-state index contributed by atoms with van der Waals surface area (Å²) < 4.78 is 32.2. The van der Waals surface area contributed by atoms with Gasteiger partial charge in [0.05, 0.1) is 40.4 Å². The molecule has 1 heterocycles. The molecule has 0 spiro atoms. The normalized spacial score (nSPS) is 18.4. The molecule has 11 nitrogen and oxygen atoms in total. The van der Waals surface area contributed by atoms with E-state index in [9.17, 15) is 18.5 Å². The van der Waals surface area contributed by atoms with Gasteiger partial charge < -0.3 is 9.74 Å². The minimum Gasteiger partial charge on any atom is -0.357 e. The summed E-state index contributed by atoms with van der Waals surface area (Å²) in [7, 11) is -2.05. The predicted octanol–water partition coefficient (Wildman–Crippen LogP) is 1.60. The molecule has 0 amide bonds. The first-order valence-corrected chi connectivity index (χ1v) is 9.92. The average molecular weight is 429 g/mol. The molecule has 0 fully saturated rings. The maximum atomic E-state index is 12.5. The monoisotopic (exact) mass is 428 g/mol. The molecule has 0 bridgehead atoms. The number of unbranched alkanes of at least 4 members (excludes halogenated alkanes) is 1. The van der Waals surface area contributed by atoms with Crippen molar-refractivity contribution in [2.45, 2.75) is 35.2 Å². The Balaban J connectivity index is 2.14. The second-order valence-corrected chi connectivity index (χ2v) is 8.13. The second kappa shape index (κ2) is 9.03. The Morgan fingerprint density at radius 3 is 2.85 bits per heavy atom. The number of rotatable bonds is 9. The summed E-state index contributed by atoms with van der Waals surface area (Å²) in [6, 6.07) is 2.88. The van der Waals surface area contributed by atoms with Crippen LogP contribution in [0.1, 0.15) is 19.3 Å². The first-order chi connectivity index (χ1) is 12.3. The fourth-order valence-corrected chi connectivity index (χ4v) is 4.71. The molecular weight excluding hydrogens is 412 g/mol. The van der Waals surface area contributed by atoms with Crippen molar-refractivity contribution in [3.63, 3.8) is 0 Å². The van der Waals surface area contributed by atoms with Crippen molar-refractivity contribution < 1.29 is 27.7 Å². The number of nitrogens with zero attached hydrogens (tertiary/aromatic N) is 2. The van der Waals surface area contributed by atoms with Crippen LogP contribution in [0.25, 0.3) is 0 Å². The number of fused-ring (bicyclic) bond motifs is 1. The maximum absolute atomic E-state index is 12.5. The lowest BCUT2D eigenvalue weighted by Gasteiger charge is -2.36. The van der Waals surface area contributed by atoms with Gasteiger partial charge in [0, 0.05) is 7.05 Å². The highest BCUT2D eigenvalue weighted by Gasteiger charge is 2.34. The van der Waals surface area contributed by atoms with Crippen molar-refractivity contribution in [1.29, 1.82) is 0 Å². The third-order valence-corrected chi connectivity index (χ3v) is 6.25. The van der Waals surface area contributed by atoms with E-state index in [2.05, 4.69) is 18.9 Å². The minimum atomic E-state index is -3.78. The lowest BCUT2D eigenvalue weighted by molar-refractivity contribution is -0.757. The smallest absolute Gasteiger partial charge is 0.294 e. The summed E-state index contributed by atoms with van der Waals surface area (Å²) in [5.74, 6) is 4.77. The topological polar surface area (TPSA) is 146 Å². The molecule has 14 heteroatoms. The Morgan fingerprint density at radius 1 is 1.46 bits per heavy atom. The van der Waals surface area contributed by atoms with Crippen LogP contribution in [0.4, 0.5) is 5.69 Å². The Morgan fingerprint density at radius 2 is 2.19 bits per heavy atom. The molecule has 146 valence electrons. The highest BCUT2D eigenvalue weighted by atomic mass is 35.5. The van der Waals surface area contributed by atoms with Crippen molar-refractivity contribution in [3.8, 4) is 0 Å². The number of nitrogens with one attached hydrogen (secondary N) is 1. The molecule has 0 aromatic heterocycles. The van der Waals surface area contributed by atoms with Gasteiger partial charge in [0.25, 0.3) is 5.09 Å². The van der Waals surface area contributed by atoms with Gasteiger partial charge in [0.1, 0.15) is 4.90 Å². The summed E-state index contributed by atoms with van der Waals surface area (Å²) in [6.45, 7) is -0.0393. The fraction of sp³-hybridized carbons (Fsp3) is 0.500. The van der Waals surface area contributed by atoms with Crippen LogP contribution < -0.4 is 15.5 Å². The molecular formula is C12H17ClN4O7S2. The van der Waals surface area contributed by atoms with Crippen molar-refractivity contribution in [2.24, 2.45) is 5.90 Å². The number of anilines is 1. The van der Waals surface area contributed by atoms with Gasteiger partial charge in [0.15, 0.2) is 0 Å². The van der Waals surface area contributed by atoms with Crippen LogP contribution in [0.15, 0.2) is 21.9 Å². The first kappa shape index (κ1) is 21.0. The van der Waals surface area contributed by atoms with Crippen LogP contribution in [-0.2, 0) is 24.2 Å². The molecule has 26 heavy (non-hydrogen) atoms. The van der Waals surface area contributed by atoms with Gasteiger partial charge in [-0.15, -0.1) is 19.4 Å². The van der Waals surface area contributed by atoms with E-state index >= 15 is 0 Å². The molecule has 1 unspecified atom stereocenters. The van der Waals surface area contributed by atoms with Crippen LogP contribution in [0.3, 0.4) is 0 Å². The first-order valence-electron chi connectivity index (χ1n) is 7.32. The Labute approximate surface area is 158 Å². The highest BCUT2D eigenvalue weighted by Crippen LogP contribution is 2.39. The van der Waals surface area contributed by atoms with E-state index in [0.717, 1.165) is 0 Å². The van der Waals surface area contributed by atoms with Gasteiger partial charge >= 0.3 is 0 Å². The van der Waals surface area contributed by atoms with Crippen molar-refractivity contribution in [2.75, 3.05) is 18.6 Å². The zero-order chi connectivity index (χ0) is 19.3. The number of hydrogen-bond acceptors (Lipinski definition) is 10. The van der Waals surface area contributed by atoms with E-state index in [1.165, 1.54) is 12.1 Å². The Hall–Kier alpha value is -1.35. The van der Waals surface area contributed by atoms with Crippen molar-refractivity contribution in [3.05, 3.63) is 27.3 Å². The molecule has 0 saturated heterocycles. The second-order valence-electron chi connectivity index (χ2n) is 5.30. The molecule has 0 radical (unpaired) electrons. The van der Waals surface area contributed by atoms with Gasteiger partial charge in [-0.2, -0.15) is 10.6 Å². The van der Waals surface area contributed by atoms with Gasteiger partial charge in [-0.25, -0.2) is 8.42 Å². The fourth-order valence-electron chi connectivity index (χ4n) is 2.46. The predicted molar refractivity (Wildman–Crippen MR) is 93.0 cm³/mol. The lowest BCUT2D eigenvalue weighted by atomic mass is 10.2. The number of sulfonamides is 1.